The number of carbonyl (C=O) groups excluding carboxylic acids is 4. The van der Waals surface area contributed by atoms with E-state index in [0.29, 0.717) is 43.5 Å². The van der Waals surface area contributed by atoms with Crippen LogP contribution in [0.25, 0.3) is 0 Å². The van der Waals surface area contributed by atoms with E-state index in [2.05, 4.69) is 5.32 Å². The van der Waals surface area contributed by atoms with Crippen LogP contribution in [0.2, 0.25) is 0 Å². The number of ether oxygens (including phenoxy) is 2. The van der Waals surface area contributed by atoms with Crippen molar-refractivity contribution in [1.82, 2.24) is 5.32 Å². The number of esters is 2. The molecule has 0 aromatic heterocycles. The third-order valence-electron chi connectivity index (χ3n) is 9.92. The van der Waals surface area contributed by atoms with Crippen LogP contribution in [0.3, 0.4) is 0 Å². The van der Waals surface area contributed by atoms with Crippen LogP contribution >= 0.6 is 0 Å². The van der Waals surface area contributed by atoms with E-state index in [1.807, 2.05) is 6.92 Å². The van der Waals surface area contributed by atoms with Gasteiger partial charge in [-0.3, -0.25) is 23.0 Å². The number of rotatable bonds is 29. The van der Waals surface area contributed by atoms with Gasteiger partial charge >= 0.3 is 11.9 Å². The van der Waals surface area contributed by atoms with Crippen LogP contribution in [0.5, 0.6) is 0 Å². The van der Waals surface area contributed by atoms with E-state index in [0.717, 1.165) is 12.4 Å². The molecule has 25 heteroatoms. The molecule has 0 aliphatic carbocycles. The second kappa shape index (κ2) is 26.6. The minimum atomic E-state index is -4.88. The molecular weight excluding hydrogens is 963 g/mol. The Labute approximate surface area is 392 Å². The van der Waals surface area contributed by atoms with Crippen molar-refractivity contribution in [2.75, 3.05) is 55.0 Å². The molecule has 0 saturated heterocycles. The first-order valence-corrected chi connectivity index (χ1v) is 27.3. The van der Waals surface area contributed by atoms with Crippen molar-refractivity contribution in [1.29, 1.82) is 0 Å². The van der Waals surface area contributed by atoms with Gasteiger partial charge in [0.05, 0.1) is 41.6 Å². The fraction of sp³-hybridized carbons (Fsp3) is 0.500. The van der Waals surface area contributed by atoms with E-state index in [1.165, 1.54) is 25.1 Å². The first-order chi connectivity index (χ1) is 31.1. The number of unbranched alkanes of at least 4 members (excludes halogenated alkanes) is 3. The smallest absolute Gasteiger partial charge is 0.338 e. The molecule has 5 N–H and O–H groups in total. The Morgan fingerprint density at radius 3 is 1.81 bits per heavy atom. The molecule has 0 atom stereocenters. The third kappa shape index (κ3) is 20.9. The van der Waals surface area contributed by atoms with Crippen molar-refractivity contribution in [2.24, 2.45) is 0 Å². The first kappa shape index (κ1) is 58.2. The summed E-state index contributed by atoms with van der Waals surface area (Å²) in [4.78, 5) is 51.8. The summed E-state index contributed by atoms with van der Waals surface area (Å²) < 4.78 is 143. The lowest BCUT2D eigenvalue weighted by Crippen LogP contribution is -2.28. The van der Waals surface area contributed by atoms with Crippen molar-refractivity contribution in [3.63, 3.8) is 0 Å². The van der Waals surface area contributed by atoms with Crippen molar-refractivity contribution in [3.8, 4) is 0 Å². The Morgan fingerprint density at radius 2 is 1.28 bits per heavy atom. The van der Waals surface area contributed by atoms with Crippen LogP contribution in [-0.4, -0.2) is 136 Å². The SMILES string of the molecule is CCC\[N+](=C(C)/C=C/C=C(\C)N(CCCS(=O)(=O)O)c1cc(C(=O)NCCCCCC=O)cc(C(=O)OCCCS(=O)(=O)O)c1C)c1cc(S(=O)(=O)O)cc(C(=O)OCCCS(=O)(=O)O)c1C. The number of anilines is 1. The van der Waals surface area contributed by atoms with E-state index in [4.69, 9.17) is 18.6 Å². The topological polar surface area (TPSA) is 322 Å². The van der Waals surface area contributed by atoms with Gasteiger partial charge in [0.15, 0.2) is 5.71 Å². The van der Waals surface area contributed by atoms with Gasteiger partial charge in [-0.2, -0.15) is 38.2 Å². The van der Waals surface area contributed by atoms with Crippen LogP contribution in [0, 0.1) is 13.8 Å². The molecule has 21 nitrogen and oxygen atoms in total. The fourth-order valence-electron chi connectivity index (χ4n) is 6.55. The van der Waals surface area contributed by atoms with Crippen molar-refractivity contribution in [2.45, 2.75) is 90.9 Å². The Kier molecular flexibility index (Phi) is 23.1. The van der Waals surface area contributed by atoms with Gasteiger partial charge in [-0.25, -0.2) is 9.59 Å². The zero-order chi connectivity index (χ0) is 50.8. The summed E-state index contributed by atoms with van der Waals surface area (Å²) in [6.07, 6.45) is 7.70. The summed E-state index contributed by atoms with van der Waals surface area (Å²) >= 11 is 0. The number of allylic oxidation sites excluding steroid dienone is 4. The molecule has 0 unspecified atom stereocenters. The van der Waals surface area contributed by atoms with Gasteiger partial charge in [-0.15, -0.1) is 0 Å². The quantitative estimate of drug-likeness (QED) is 0.0141. The highest BCUT2D eigenvalue weighted by Crippen LogP contribution is 2.31. The summed E-state index contributed by atoms with van der Waals surface area (Å²) in [5, 5.41) is 2.77. The summed E-state index contributed by atoms with van der Waals surface area (Å²) in [6.45, 7) is 7.80. The first-order valence-electron chi connectivity index (χ1n) is 21.0. The molecule has 0 spiro atoms. The molecule has 0 fully saturated rings. The van der Waals surface area contributed by atoms with Crippen LogP contribution < -0.4 is 10.2 Å². The van der Waals surface area contributed by atoms with Gasteiger partial charge in [0.2, 0.25) is 5.69 Å². The number of carbonyl (C=O) groups is 4. The number of nitrogens with zero attached hydrogens (tertiary/aromatic N) is 2. The van der Waals surface area contributed by atoms with Crippen molar-refractivity contribution >= 4 is 81.7 Å². The van der Waals surface area contributed by atoms with Gasteiger partial charge in [0.1, 0.15) is 17.7 Å². The van der Waals surface area contributed by atoms with E-state index in [9.17, 15) is 62.0 Å². The maximum absolute atomic E-state index is 13.5. The maximum Gasteiger partial charge on any atom is 0.338 e. The van der Waals surface area contributed by atoms with Crippen LogP contribution in [0.15, 0.2) is 53.1 Å². The molecule has 0 aliphatic heterocycles. The van der Waals surface area contributed by atoms with Crippen LogP contribution in [0.4, 0.5) is 11.4 Å². The van der Waals surface area contributed by atoms with E-state index >= 15 is 0 Å². The van der Waals surface area contributed by atoms with Crippen molar-refractivity contribution < 1.29 is 85.1 Å². The Balaban J connectivity index is 2.76. The molecule has 2 aromatic carbocycles. The zero-order valence-corrected chi connectivity index (χ0v) is 41.2. The average Bonchev–Trinajstić information content (AvgIpc) is 3.21. The monoisotopic (exact) mass is 1020 g/mol. The molecule has 2 aromatic rings. The number of hydrogen-bond donors (Lipinski definition) is 5. The summed E-state index contributed by atoms with van der Waals surface area (Å²) in [6, 6.07) is 4.85. The van der Waals surface area contributed by atoms with Crippen LogP contribution in [0.1, 0.15) is 114 Å². The second-order valence-corrected chi connectivity index (χ2v) is 21.5. The summed E-state index contributed by atoms with van der Waals surface area (Å²) in [7, 11) is -18.0. The number of nitrogens with one attached hydrogen (secondary N) is 1. The summed E-state index contributed by atoms with van der Waals surface area (Å²) in [5.41, 5.74) is 1.55. The molecule has 0 radical (unpaired) electrons. The summed E-state index contributed by atoms with van der Waals surface area (Å²) in [5.74, 6) is -4.56. The highest BCUT2D eigenvalue weighted by atomic mass is 32.2. The molecule has 0 bridgehead atoms. The maximum atomic E-state index is 13.5. The highest BCUT2D eigenvalue weighted by Gasteiger charge is 2.27. The zero-order valence-electron chi connectivity index (χ0n) is 38.0. The Bertz CT molecular complexity index is 2660. The highest BCUT2D eigenvalue weighted by molar-refractivity contribution is 7.86. The van der Waals surface area contributed by atoms with Crippen molar-refractivity contribution in [3.05, 3.63) is 76.0 Å². The molecular formula is C42H60N3O18S4+. The molecule has 67 heavy (non-hydrogen) atoms. The minimum absolute atomic E-state index is 0.00438. The largest absolute Gasteiger partial charge is 0.462 e. The fourth-order valence-corrected chi connectivity index (χ4v) is 8.53. The second-order valence-electron chi connectivity index (χ2n) is 15.3. The van der Waals surface area contributed by atoms with Gasteiger partial charge in [0, 0.05) is 67.5 Å². The van der Waals surface area contributed by atoms with E-state index < -0.39 is 93.7 Å². The third-order valence-corrected chi connectivity index (χ3v) is 13.2. The average molecular weight is 1020 g/mol. The minimum Gasteiger partial charge on any atom is -0.462 e. The van der Waals surface area contributed by atoms with Crippen LogP contribution in [-0.2, 0) is 54.7 Å². The molecule has 2 rings (SSSR count). The normalized spacial score (nSPS) is 13.0. The molecule has 374 valence electrons. The van der Waals surface area contributed by atoms with E-state index in [1.54, 1.807) is 48.5 Å². The predicted octanol–water partition coefficient (Wildman–Crippen LogP) is 4.67. The standard InChI is InChI=1S/C42H59N3O18S4/c1-6-18-44(39-29-35(67(59,60)61)28-37(33(39)5)42(49)63-22-14-25-66(56,57)58)30(2)15-11-16-31(3)45(19-12-23-64(50,51)52)38-27-34(40(47)43-17-9-7-8-10-20-46)26-36(32(38)4)41(48)62-21-13-24-65(53,54)55/h11,15-16,20,26-29H,6-10,12-14,17-19,21-25H2,1-5H3,(H4-,43,47,50,51,52,53,54,55,56,57,58,59,60,61)/p+1. The van der Waals surface area contributed by atoms with Gasteiger partial charge in [0.25, 0.3) is 46.4 Å². The van der Waals surface area contributed by atoms with E-state index in [-0.39, 0.29) is 78.1 Å². The van der Waals surface area contributed by atoms with Gasteiger partial charge in [-0.1, -0.05) is 19.4 Å². The number of aldehydes is 1. The number of amides is 1. The Morgan fingerprint density at radius 1 is 0.731 bits per heavy atom. The van der Waals surface area contributed by atoms with Gasteiger partial charge in [-0.05, 0) is 82.7 Å². The molecule has 0 heterocycles. The predicted molar refractivity (Wildman–Crippen MR) is 249 cm³/mol. The lowest BCUT2D eigenvalue weighted by atomic mass is 10.00. The molecule has 0 aliphatic rings. The lowest BCUT2D eigenvalue weighted by molar-refractivity contribution is -0.441. The Hall–Kier alpha value is -4.89. The molecule has 1 amide bonds. The lowest BCUT2D eigenvalue weighted by Gasteiger charge is -2.28. The molecule has 0 saturated carbocycles. The number of benzene rings is 2. The number of hydrogen-bond acceptors (Lipinski definition) is 15. The van der Waals surface area contributed by atoms with Gasteiger partial charge < -0.3 is 24.5 Å².